The lowest BCUT2D eigenvalue weighted by Gasteiger charge is -2.36. The highest BCUT2D eigenvalue weighted by molar-refractivity contribution is 5.80. The van der Waals surface area contributed by atoms with Gasteiger partial charge in [0.2, 0.25) is 5.91 Å². The molecular formula is C26H37F5N2O. The molecule has 0 aromatic heterocycles. The fraction of sp³-hybridized carbons (Fsp3) is 0.500. The Balaban J connectivity index is 0.00000375. The highest BCUT2D eigenvalue weighted by Gasteiger charge is 2.43. The van der Waals surface area contributed by atoms with Crippen molar-refractivity contribution >= 4 is 5.91 Å². The predicted octanol–water partition coefficient (Wildman–Crippen LogP) is 6.85. The molecule has 0 fully saturated rings. The highest BCUT2D eigenvalue weighted by Crippen LogP contribution is 2.29. The molecule has 0 unspecified atom stereocenters. The van der Waals surface area contributed by atoms with Crippen molar-refractivity contribution in [3.8, 4) is 11.1 Å². The van der Waals surface area contributed by atoms with Gasteiger partial charge in [0, 0.05) is 25.5 Å². The summed E-state index contributed by atoms with van der Waals surface area (Å²) < 4.78 is 71.3. The first-order chi connectivity index (χ1) is 16.0. The number of carbonyl (C=O) groups is 1. The monoisotopic (exact) mass is 488 g/mol. The molecule has 0 saturated carbocycles. The van der Waals surface area contributed by atoms with E-state index in [1.165, 1.54) is 25.1 Å². The molecule has 0 saturated heterocycles. The zero-order valence-electron chi connectivity index (χ0n) is 20.7. The van der Waals surface area contributed by atoms with Gasteiger partial charge in [0.25, 0.3) is 5.92 Å². The summed E-state index contributed by atoms with van der Waals surface area (Å²) in [6.07, 6.45) is -0.187. The molecule has 1 amide bonds. The number of benzene rings is 2. The molecule has 2 atom stereocenters. The molecule has 0 heterocycles. The van der Waals surface area contributed by atoms with Gasteiger partial charge in [0.1, 0.15) is 23.5 Å². The van der Waals surface area contributed by atoms with Crippen LogP contribution in [0.5, 0.6) is 0 Å². The Labute approximate surface area is 200 Å². The molecule has 0 spiro atoms. The standard InChI is InChI=1S/C24H29F5N2O.C2H6.H2/c1-5-10-31(4)15(3)23(24(28,29)6-2)30-21(32)13-16-8-7-9-20(22(16)27)17-11-18(25)14-19(26)12-17;1-2;/h7-9,11-12,14-15,23H,5-6,10,13H2,1-4H3,(H,30,32);1-2H3;1H/t15-,23+;;/m0../s1. The van der Waals surface area contributed by atoms with Gasteiger partial charge >= 0.3 is 0 Å². The summed E-state index contributed by atoms with van der Waals surface area (Å²) in [5.74, 6) is -6.48. The van der Waals surface area contributed by atoms with E-state index in [1.54, 1.807) is 18.9 Å². The first-order valence-electron chi connectivity index (χ1n) is 11.6. The summed E-state index contributed by atoms with van der Waals surface area (Å²) in [4.78, 5) is 14.4. The van der Waals surface area contributed by atoms with Crippen molar-refractivity contribution in [2.75, 3.05) is 13.6 Å². The number of hydrogen-bond donors (Lipinski definition) is 1. The molecular weight excluding hydrogens is 451 g/mol. The van der Waals surface area contributed by atoms with E-state index in [-0.39, 0.29) is 18.1 Å². The number of carbonyl (C=O) groups excluding carboxylic acids is 1. The largest absolute Gasteiger partial charge is 0.345 e. The Bertz CT molecular complexity index is 922. The fourth-order valence-corrected chi connectivity index (χ4v) is 3.66. The Morgan fingerprint density at radius 2 is 1.68 bits per heavy atom. The van der Waals surface area contributed by atoms with Crippen molar-refractivity contribution in [3.63, 3.8) is 0 Å². The number of halogens is 5. The molecule has 34 heavy (non-hydrogen) atoms. The van der Waals surface area contributed by atoms with E-state index < -0.39 is 54.2 Å². The summed E-state index contributed by atoms with van der Waals surface area (Å²) in [6, 6.07) is 4.64. The van der Waals surface area contributed by atoms with E-state index in [4.69, 9.17) is 0 Å². The number of rotatable bonds is 10. The molecule has 2 rings (SSSR count). The van der Waals surface area contributed by atoms with Crippen molar-refractivity contribution in [2.24, 2.45) is 0 Å². The molecule has 2 aromatic carbocycles. The third kappa shape index (κ3) is 7.79. The second-order valence-corrected chi connectivity index (χ2v) is 7.99. The number of likely N-dealkylation sites (N-methyl/N-ethyl adjacent to an activating group) is 1. The van der Waals surface area contributed by atoms with E-state index in [1.807, 2.05) is 20.8 Å². The number of nitrogens with zero attached hydrogens (tertiary/aromatic N) is 1. The van der Waals surface area contributed by atoms with E-state index in [2.05, 4.69) is 5.32 Å². The Morgan fingerprint density at radius 3 is 2.21 bits per heavy atom. The van der Waals surface area contributed by atoms with Crippen LogP contribution in [0.3, 0.4) is 0 Å². The molecule has 192 valence electrons. The van der Waals surface area contributed by atoms with E-state index in [9.17, 15) is 22.4 Å². The molecule has 8 heteroatoms. The summed E-state index contributed by atoms with van der Waals surface area (Å²) in [7, 11) is 1.71. The van der Waals surface area contributed by atoms with Crippen LogP contribution in [0.25, 0.3) is 11.1 Å². The minimum Gasteiger partial charge on any atom is -0.345 e. The second-order valence-electron chi connectivity index (χ2n) is 7.99. The number of nitrogens with one attached hydrogen (secondary N) is 1. The quantitative estimate of drug-likeness (QED) is 0.371. The highest BCUT2D eigenvalue weighted by atomic mass is 19.3. The van der Waals surface area contributed by atoms with Gasteiger partial charge in [-0.2, -0.15) is 0 Å². The third-order valence-electron chi connectivity index (χ3n) is 5.60. The van der Waals surface area contributed by atoms with E-state index in [0.29, 0.717) is 12.6 Å². The molecule has 3 nitrogen and oxygen atoms in total. The van der Waals surface area contributed by atoms with Gasteiger partial charge in [-0.15, -0.1) is 0 Å². The van der Waals surface area contributed by atoms with Crippen LogP contribution in [0, 0.1) is 17.5 Å². The van der Waals surface area contributed by atoms with E-state index in [0.717, 1.165) is 18.6 Å². The van der Waals surface area contributed by atoms with Crippen LogP contribution in [0.4, 0.5) is 22.0 Å². The maximum atomic E-state index is 15.0. The van der Waals surface area contributed by atoms with Crippen LogP contribution >= 0.6 is 0 Å². The van der Waals surface area contributed by atoms with Gasteiger partial charge in [-0.25, -0.2) is 22.0 Å². The zero-order valence-corrected chi connectivity index (χ0v) is 20.7. The molecule has 2 aromatic rings. The molecule has 0 radical (unpaired) electrons. The van der Waals surface area contributed by atoms with Gasteiger partial charge in [-0.1, -0.05) is 45.9 Å². The molecule has 0 aliphatic rings. The van der Waals surface area contributed by atoms with Crippen LogP contribution in [0.2, 0.25) is 0 Å². The van der Waals surface area contributed by atoms with Crippen molar-refractivity contribution in [1.29, 1.82) is 0 Å². The van der Waals surface area contributed by atoms with Gasteiger partial charge in [0.15, 0.2) is 0 Å². The lowest BCUT2D eigenvalue weighted by atomic mass is 9.97. The first kappa shape index (κ1) is 29.6. The smallest absolute Gasteiger partial charge is 0.269 e. The van der Waals surface area contributed by atoms with Gasteiger partial charge in [-0.05, 0) is 50.2 Å². The van der Waals surface area contributed by atoms with Gasteiger partial charge < -0.3 is 10.2 Å². The lowest BCUT2D eigenvalue weighted by Crippen LogP contribution is -2.58. The fourth-order valence-electron chi connectivity index (χ4n) is 3.66. The maximum Gasteiger partial charge on any atom is 0.269 e. The van der Waals surface area contributed by atoms with Gasteiger partial charge in [0.05, 0.1) is 6.42 Å². The van der Waals surface area contributed by atoms with Crippen LogP contribution < -0.4 is 5.32 Å². The maximum absolute atomic E-state index is 15.0. The number of amides is 1. The predicted molar refractivity (Wildman–Crippen MR) is 128 cm³/mol. The zero-order chi connectivity index (χ0) is 26.1. The van der Waals surface area contributed by atoms with E-state index >= 15 is 4.39 Å². The summed E-state index contributed by atoms with van der Waals surface area (Å²) in [5.41, 5.74) is -0.162. The number of hydrogen-bond acceptors (Lipinski definition) is 2. The Morgan fingerprint density at radius 1 is 1.09 bits per heavy atom. The van der Waals surface area contributed by atoms with Crippen LogP contribution in [-0.2, 0) is 11.2 Å². The van der Waals surface area contributed by atoms with Crippen molar-refractivity contribution in [1.82, 2.24) is 10.2 Å². The van der Waals surface area contributed by atoms with Crippen LogP contribution in [0.15, 0.2) is 36.4 Å². The molecule has 0 bridgehead atoms. The van der Waals surface area contributed by atoms with Crippen molar-refractivity contribution in [2.45, 2.75) is 71.9 Å². The topological polar surface area (TPSA) is 32.3 Å². The van der Waals surface area contributed by atoms with Gasteiger partial charge in [-0.3, -0.25) is 4.79 Å². The summed E-state index contributed by atoms with van der Waals surface area (Å²) in [6.45, 7) is 9.46. The average molecular weight is 489 g/mol. The Hall–Kier alpha value is -2.48. The minimum absolute atomic E-state index is 0. The SMILES string of the molecule is CC.CCCN(C)[C@@H](C)[C@@H](NC(=O)Cc1cccc(-c2cc(F)cc(F)c2)c1F)C(F)(F)CC.[HH]. The normalized spacial score (nSPS) is 13.2. The minimum atomic E-state index is -3.16. The number of alkyl halides is 2. The molecule has 0 aliphatic carbocycles. The summed E-state index contributed by atoms with van der Waals surface area (Å²) in [5, 5.41) is 2.38. The summed E-state index contributed by atoms with van der Waals surface area (Å²) >= 11 is 0. The lowest BCUT2D eigenvalue weighted by molar-refractivity contribution is -0.127. The third-order valence-corrected chi connectivity index (χ3v) is 5.60. The van der Waals surface area contributed by atoms with Crippen molar-refractivity contribution in [3.05, 3.63) is 59.4 Å². The molecule has 0 aliphatic heterocycles. The average Bonchev–Trinajstić information content (AvgIpc) is 2.79. The van der Waals surface area contributed by atoms with Crippen molar-refractivity contribution < 1.29 is 28.2 Å². The van der Waals surface area contributed by atoms with Crippen LogP contribution in [0.1, 0.15) is 54.5 Å². The Kier molecular flexibility index (Phi) is 11.7. The molecule has 1 N–H and O–H groups in total. The second kappa shape index (κ2) is 13.4. The van der Waals surface area contributed by atoms with Crippen LogP contribution in [-0.4, -0.2) is 42.4 Å². The first-order valence-corrected chi connectivity index (χ1v) is 11.6.